The van der Waals surface area contributed by atoms with Crippen LogP contribution in [-0.2, 0) is 12.5 Å². The number of aryl methyl sites for hydroxylation is 1. The van der Waals surface area contributed by atoms with Crippen LogP contribution in [0.4, 0.5) is 22.7 Å². The van der Waals surface area contributed by atoms with E-state index in [-0.39, 0.29) is 11.0 Å². The van der Waals surface area contributed by atoms with Gasteiger partial charge in [-0.05, 0) is 80.8 Å². The van der Waals surface area contributed by atoms with E-state index in [1.54, 1.807) is 0 Å². The number of rotatable bonds is 1. The van der Waals surface area contributed by atoms with Crippen molar-refractivity contribution in [2.75, 3.05) is 9.80 Å². The molecule has 0 saturated carbocycles. The van der Waals surface area contributed by atoms with Crippen molar-refractivity contribution in [1.29, 1.82) is 0 Å². The molecular weight excluding hydrogens is 514 g/mol. The van der Waals surface area contributed by atoms with E-state index in [9.17, 15) is 0 Å². The van der Waals surface area contributed by atoms with E-state index in [1.807, 2.05) is 0 Å². The molecule has 0 N–H and O–H groups in total. The molecule has 0 atom stereocenters. The molecule has 0 fully saturated rings. The fourth-order valence-electron chi connectivity index (χ4n) is 7.44. The molecular formula is C38H37N3O. The van der Waals surface area contributed by atoms with Crippen LogP contribution < -0.4 is 14.5 Å². The number of aromatic nitrogens is 1. The summed E-state index contributed by atoms with van der Waals surface area (Å²) in [6.45, 7) is 11.6. The molecule has 0 unspecified atom stereocenters. The first-order valence-corrected chi connectivity index (χ1v) is 15.1. The Morgan fingerprint density at radius 2 is 1.48 bits per heavy atom. The van der Waals surface area contributed by atoms with Gasteiger partial charge in [0.05, 0.1) is 33.8 Å². The monoisotopic (exact) mass is 551 g/mol. The van der Waals surface area contributed by atoms with Crippen LogP contribution in [0.15, 0.2) is 102 Å². The summed E-state index contributed by atoms with van der Waals surface area (Å²) in [7, 11) is 2.19. The zero-order valence-corrected chi connectivity index (χ0v) is 25.3. The topological polar surface area (TPSA) is 20.6 Å². The van der Waals surface area contributed by atoms with Crippen molar-refractivity contribution in [3.63, 3.8) is 0 Å². The lowest BCUT2D eigenvalue weighted by Crippen LogP contribution is -2.43. The lowest BCUT2D eigenvalue weighted by molar-refractivity contribution is 0.371. The Labute approximate surface area is 248 Å². The van der Waals surface area contributed by atoms with Crippen LogP contribution in [0.2, 0.25) is 0 Å². The Bertz CT molecular complexity index is 1980. The maximum Gasteiger partial charge on any atom is 0.152 e. The fourth-order valence-corrected chi connectivity index (χ4v) is 7.44. The van der Waals surface area contributed by atoms with E-state index in [1.165, 1.54) is 55.7 Å². The van der Waals surface area contributed by atoms with Gasteiger partial charge in [-0.1, -0.05) is 56.3 Å². The summed E-state index contributed by atoms with van der Waals surface area (Å²) in [5, 5.41) is 2.54. The average molecular weight is 552 g/mol. The smallest absolute Gasteiger partial charge is 0.152 e. The maximum atomic E-state index is 6.64. The van der Waals surface area contributed by atoms with Crippen molar-refractivity contribution in [3.05, 3.63) is 114 Å². The molecule has 210 valence electrons. The zero-order valence-electron chi connectivity index (χ0n) is 25.3. The standard InChI is InChI=1S/C38H37N3O/c1-37(2,3)41-30-18-12-13-19-35(30)42-36-23-32-26(21-34(36)41)25-20-28-33(22-31(25)39(32)6)40(24-14-8-7-9-15-24)29-17-11-10-16-27(29)38(28,4)5/h7-12,14-18,20-23H,13,19H2,1-6H3. The second-order valence-electron chi connectivity index (χ2n) is 13.5. The third-order valence-electron chi connectivity index (χ3n) is 9.44. The van der Waals surface area contributed by atoms with Crippen molar-refractivity contribution >= 4 is 44.6 Å². The van der Waals surface area contributed by atoms with Gasteiger partial charge in [-0.15, -0.1) is 0 Å². The number of ether oxygens (including phenoxy) is 1. The lowest BCUT2D eigenvalue weighted by Gasteiger charge is -2.43. The van der Waals surface area contributed by atoms with Crippen molar-refractivity contribution in [2.24, 2.45) is 7.05 Å². The summed E-state index contributed by atoms with van der Waals surface area (Å²) >= 11 is 0. The molecule has 4 heteroatoms. The second-order valence-corrected chi connectivity index (χ2v) is 13.5. The van der Waals surface area contributed by atoms with E-state index in [2.05, 4.69) is 147 Å². The minimum absolute atomic E-state index is 0.0971. The predicted molar refractivity (Wildman–Crippen MR) is 175 cm³/mol. The van der Waals surface area contributed by atoms with Gasteiger partial charge in [-0.25, -0.2) is 0 Å². The Hall–Kier alpha value is -4.44. The molecule has 1 aromatic heterocycles. The molecule has 3 heterocycles. The minimum Gasteiger partial charge on any atom is -0.457 e. The fraction of sp³-hybridized carbons (Fsp3) is 0.263. The first kappa shape index (κ1) is 25.3. The molecule has 8 rings (SSSR count). The van der Waals surface area contributed by atoms with Crippen LogP contribution in [0.5, 0.6) is 5.75 Å². The molecule has 5 aromatic rings. The summed E-state index contributed by atoms with van der Waals surface area (Å²) in [6, 6.07) is 29.1. The maximum absolute atomic E-state index is 6.64. The first-order chi connectivity index (χ1) is 20.1. The first-order valence-electron chi connectivity index (χ1n) is 15.1. The zero-order chi connectivity index (χ0) is 29.0. The average Bonchev–Trinajstić information content (AvgIpc) is 3.24. The summed E-state index contributed by atoms with van der Waals surface area (Å²) in [4.78, 5) is 4.91. The van der Waals surface area contributed by atoms with Crippen LogP contribution in [0.1, 0.15) is 58.6 Å². The molecule has 0 saturated heterocycles. The molecule has 42 heavy (non-hydrogen) atoms. The van der Waals surface area contributed by atoms with Gasteiger partial charge in [0.1, 0.15) is 5.76 Å². The minimum atomic E-state index is -0.158. The Morgan fingerprint density at radius 3 is 2.26 bits per heavy atom. The largest absolute Gasteiger partial charge is 0.457 e. The van der Waals surface area contributed by atoms with Gasteiger partial charge in [-0.3, -0.25) is 0 Å². The molecule has 4 nitrogen and oxygen atoms in total. The number of fused-ring (bicyclic) bond motifs is 6. The number of allylic oxidation sites excluding steroid dienone is 3. The van der Waals surface area contributed by atoms with Crippen LogP contribution in [0.25, 0.3) is 21.8 Å². The highest BCUT2D eigenvalue weighted by Crippen LogP contribution is 2.54. The summed E-state index contributed by atoms with van der Waals surface area (Å²) < 4.78 is 8.98. The quantitative estimate of drug-likeness (QED) is 0.207. The van der Waals surface area contributed by atoms with E-state index in [0.717, 1.165) is 30.0 Å². The van der Waals surface area contributed by atoms with Gasteiger partial charge in [0.15, 0.2) is 5.75 Å². The molecule has 3 aliphatic rings. The molecule has 2 aliphatic heterocycles. The lowest BCUT2D eigenvalue weighted by atomic mass is 9.73. The number of hydrogen-bond donors (Lipinski definition) is 0. The summed E-state index contributed by atoms with van der Waals surface area (Å²) in [5.41, 5.74) is 10.8. The van der Waals surface area contributed by atoms with Crippen LogP contribution >= 0.6 is 0 Å². The van der Waals surface area contributed by atoms with Crippen molar-refractivity contribution in [2.45, 2.75) is 58.4 Å². The van der Waals surface area contributed by atoms with Crippen LogP contribution in [0.3, 0.4) is 0 Å². The molecule has 0 bridgehead atoms. The highest BCUT2D eigenvalue weighted by atomic mass is 16.5. The summed E-state index contributed by atoms with van der Waals surface area (Å²) in [6.07, 6.45) is 6.47. The van der Waals surface area contributed by atoms with Crippen molar-refractivity contribution in [1.82, 2.24) is 4.57 Å². The summed E-state index contributed by atoms with van der Waals surface area (Å²) in [5.74, 6) is 2.02. The SMILES string of the molecule is Cn1c2cc3c(cc2c2cc4c(cc21)N(c1ccccc1)c1ccccc1C4(C)C)N(C(C)(C)C)C1=C(CCC=C1)O3. The number of para-hydroxylation sites is 2. The van der Waals surface area contributed by atoms with Gasteiger partial charge in [0.25, 0.3) is 0 Å². The number of benzene rings is 4. The molecule has 4 aromatic carbocycles. The van der Waals surface area contributed by atoms with E-state index in [4.69, 9.17) is 4.74 Å². The van der Waals surface area contributed by atoms with Gasteiger partial charge in [0, 0.05) is 46.9 Å². The molecule has 0 spiro atoms. The van der Waals surface area contributed by atoms with Crippen molar-refractivity contribution < 1.29 is 4.74 Å². The predicted octanol–water partition coefficient (Wildman–Crippen LogP) is 10.00. The van der Waals surface area contributed by atoms with Crippen LogP contribution in [0, 0.1) is 0 Å². The third-order valence-corrected chi connectivity index (χ3v) is 9.44. The van der Waals surface area contributed by atoms with Crippen LogP contribution in [-0.4, -0.2) is 10.1 Å². The molecule has 0 radical (unpaired) electrons. The van der Waals surface area contributed by atoms with Gasteiger partial charge in [-0.2, -0.15) is 0 Å². The third kappa shape index (κ3) is 3.41. The van der Waals surface area contributed by atoms with E-state index in [0.29, 0.717) is 0 Å². The Balaban J connectivity index is 1.42. The molecule has 1 aliphatic carbocycles. The second kappa shape index (κ2) is 8.54. The van der Waals surface area contributed by atoms with Crippen molar-refractivity contribution in [3.8, 4) is 5.75 Å². The van der Waals surface area contributed by atoms with E-state index < -0.39 is 0 Å². The molecule has 0 amide bonds. The normalized spacial score (nSPS) is 17.2. The van der Waals surface area contributed by atoms with Gasteiger partial charge >= 0.3 is 0 Å². The number of nitrogens with zero attached hydrogens (tertiary/aromatic N) is 3. The van der Waals surface area contributed by atoms with Gasteiger partial charge < -0.3 is 19.1 Å². The van der Waals surface area contributed by atoms with Gasteiger partial charge in [0.2, 0.25) is 0 Å². The number of anilines is 4. The highest BCUT2D eigenvalue weighted by Gasteiger charge is 2.38. The Kier molecular flexibility index (Phi) is 5.14. The highest BCUT2D eigenvalue weighted by molar-refractivity contribution is 6.12. The van der Waals surface area contributed by atoms with E-state index >= 15 is 0 Å². The Morgan fingerprint density at radius 1 is 0.762 bits per heavy atom. The number of hydrogen-bond acceptors (Lipinski definition) is 3.